The van der Waals surface area contributed by atoms with Gasteiger partial charge in [-0.2, -0.15) is 0 Å². The molecule has 8 heteroatoms. The molecule has 0 radical (unpaired) electrons. The van der Waals surface area contributed by atoms with Crippen LogP contribution in [0.5, 0.6) is 5.75 Å². The largest absolute Gasteiger partial charge is 0.484 e. The molecule has 0 bridgehead atoms. The Morgan fingerprint density at radius 1 is 1.15 bits per heavy atom. The van der Waals surface area contributed by atoms with E-state index >= 15 is 0 Å². The molecule has 0 saturated carbocycles. The molecule has 1 aromatic carbocycles. The van der Waals surface area contributed by atoms with Gasteiger partial charge in [-0.05, 0) is 37.1 Å². The number of nitrogens with one attached hydrogen (secondary N) is 1. The van der Waals surface area contributed by atoms with Gasteiger partial charge in [0.2, 0.25) is 5.91 Å². The van der Waals surface area contributed by atoms with E-state index in [9.17, 15) is 9.59 Å². The summed E-state index contributed by atoms with van der Waals surface area (Å²) in [4.78, 5) is 25.8. The minimum Gasteiger partial charge on any atom is -0.484 e. The summed E-state index contributed by atoms with van der Waals surface area (Å²) in [7, 11) is 1.58. The summed E-state index contributed by atoms with van der Waals surface area (Å²) in [5, 5.41) is 3.55. The molecule has 1 aliphatic heterocycles. The van der Waals surface area contributed by atoms with Crippen LogP contribution in [0.15, 0.2) is 24.3 Å². The molecule has 1 aliphatic rings. The van der Waals surface area contributed by atoms with Crippen molar-refractivity contribution in [1.82, 2.24) is 10.2 Å². The first-order chi connectivity index (χ1) is 12.6. The van der Waals surface area contributed by atoms with Gasteiger partial charge in [0, 0.05) is 31.3 Å². The predicted molar refractivity (Wildman–Crippen MR) is 97.4 cm³/mol. The first-order valence-corrected chi connectivity index (χ1v) is 8.98. The summed E-state index contributed by atoms with van der Waals surface area (Å²) >= 11 is 5.81. The molecule has 0 spiro atoms. The van der Waals surface area contributed by atoms with Crippen LogP contribution in [0.3, 0.4) is 0 Å². The lowest BCUT2D eigenvalue weighted by Crippen LogP contribution is -2.48. The first kappa shape index (κ1) is 20.5. The lowest BCUT2D eigenvalue weighted by Gasteiger charge is -2.32. The predicted octanol–water partition coefficient (Wildman–Crippen LogP) is 1.49. The number of carbonyl (C=O) groups excluding carboxylic acids is 2. The number of nitrogens with zero attached hydrogens (tertiary/aromatic N) is 1. The van der Waals surface area contributed by atoms with Gasteiger partial charge < -0.3 is 24.4 Å². The van der Waals surface area contributed by atoms with Gasteiger partial charge in [-0.15, -0.1) is 0 Å². The summed E-state index contributed by atoms with van der Waals surface area (Å²) in [6.07, 6.45) is 1.44. The fourth-order valence-corrected chi connectivity index (χ4v) is 2.74. The number of methoxy groups -OCH3 is 1. The maximum Gasteiger partial charge on any atom is 0.260 e. The van der Waals surface area contributed by atoms with Crippen molar-refractivity contribution in [2.45, 2.75) is 18.9 Å². The average Bonchev–Trinajstić information content (AvgIpc) is 2.65. The Balaban J connectivity index is 1.63. The molecule has 2 rings (SSSR count). The number of amides is 2. The smallest absolute Gasteiger partial charge is 0.260 e. The Hall–Kier alpha value is -1.83. The fourth-order valence-electron chi connectivity index (χ4n) is 2.62. The van der Waals surface area contributed by atoms with E-state index in [1.807, 2.05) is 0 Å². The monoisotopic (exact) mass is 384 g/mol. The van der Waals surface area contributed by atoms with Gasteiger partial charge in [0.15, 0.2) is 6.61 Å². The SMILES string of the molecule is COCCOCC(=O)NC1CCN(C(=O)COc2ccc(Cl)cc2)CC1. The maximum absolute atomic E-state index is 12.2. The van der Waals surface area contributed by atoms with Crippen molar-refractivity contribution in [2.75, 3.05) is 46.6 Å². The Morgan fingerprint density at radius 3 is 2.50 bits per heavy atom. The Bertz CT molecular complexity index is 573. The third-order valence-corrected chi connectivity index (χ3v) is 4.31. The van der Waals surface area contributed by atoms with Crippen molar-refractivity contribution in [3.05, 3.63) is 29.3 Å². The summed E-state index contributed by atoms with van der Waals surface area (Å²) in [6, 6.07) is 6.95. The molecule has 1 saturated heterocycles. The molecule has 1 aromatic rings. The Labute approximate surface area is 158 Å². The lowest BCUT2D eigenvalue weighted by molar-refractivity contribution is -0.134. The number of hydrogen-bond donors (Lipinski definition) is 1. The number of carbonyl (C=O) groups is 2. The molecule has 26 heavy (non-hydrogen) atoms. The van der Waals surface area contributed by atoms with E-state index in [0.717, 1.165) is 12.8 Å². The second-order valence-corrected chi connectivity index (χ2v) is 6.45. The number of ether oxygens (including phenoxy) is 3. The zero-order chi connectivity index (χ0) is 18.8. The second-order valence-electron chi connectivity index (χ2n) is 6.01. The first-order valence-electron chi connectivity index (χ1n) is 8.60. The zero-order valence-electron chi connectivity index (χ0n) is 14.9. The van der Waals surface area contributed by atoms with Crippen LogP contribution in [-0.4, -0.2) is 69.4 Å². The number of likely N-dealkylation sites (tertiary alicyclic amines) is 1. The molecule has 1 heterocycles. The van der Waals surface area contributed by atoms with Gasteiger partial charge in [-0.1, -0.05) is 11.6 Å². The van der Waals surface area contributed by atoms with Crippen LogP contribution in [0.2, 0.25) is 5.02 Å². The van der Waals surface area contributed by atoms with Gasteiger partial charge in [0.05, 0.1) is 13.2 Å². The van der Waals surface area contributed by atoms with Crippen molar-refractivity contribution in [2.24, 2.45) is 0 Å². The highest BCUT2D eigenvalue weighted by atomic mass is 35.5. The second kappa shape index (κ2) is 11.0. The normalized spacial score (nSPS) is 14.9. The summed E-state index contributed by atoms with van der Waals surface area (Å²) in [5.41, 5.74) is 0. The number of benzene rings is 1. The van der Waals surface area contributed by atoms with Crippen LogP contribution >= 0.6 is 11.6 Å². The molecule has 1 N–H and O–H groups in total. The van der Waals surface area contributed by atoms with Crippen molar-refractivity contribution >= 4 is 23.4 Å². The van der Waals surface area contributed by atoms with Gasteiger partial charge in [0.25, 0.3) is 5.91 Å². The molecule has 0 unspecified atom stereocenters. The molecule has 2 amide bonds. The molecule has 0 atom stereocenters. The van der Waals surface area contributed by atoms with Gasteiger partial charge in [-0.25, -0.2) is 0 Å². The van der Waals surface area contributed by atoms with Gasteiger partial charge >= 0.3 is 0 Å². The molecule has 144 valence electrons. The third kappa shape index (κ3) is 7.19. The summed E-state index contributed by atoms with van der Waals surface area (Å²) in [6.45, 7) is 2.07. The third-order valence-electron chi connectivity index (χ3n) is 4.05. The van der Waals surface area contributed by atoms with Crippen LogP contribution in [0.25, 0.3) is 0 Å². The van der Waals surface area contributed by atoms with Crippen molar-refractivity contribution in [3.8, 4) is 5.75 Å². The minimum absolute atomic E-state index is 0.00794. The average molecular weight is 385 g/mol. The van der Waals surface area contributed by atoms with Crippen molar-refractivity contribution in [1.29, 1.82) is 0 Å². The Morgan fingerprint density at radius 2 is 1.85 bits per heavy atom. The van der Waals surface area contributed by atoms with E-state index in [1.54, 1.807) is 36.3 Å². The molecular formula is C18H25ClN2O5. The highest BCUT2D eigenvalue weighted by molar-refractivity contribution is 6.30. The van der Waals surface area contributed by atoms with Gasteiger partial charge in [-0.3, -0.25) is 9.59 Å². The van der Waals surface area contributed by atoms with Crippen molar-refractivity contribution in [3.63, 3.8) is 0 Å². The number of hydrogen-bond acceptors (Lipinski definition) is 5. The molecule has 1 fully saturated rings. The van der Waals surface area contributed by atoms with Crippen LogP contribution in [0.1, 0.15) is 12.8 Å². The molecule has 0 aromatic heterocycles. The number of piperidine rings is 1. The quantitative estimate of drug-likeness (QED) is 0.653. The standard InChI is InChI=1S/C18H25ClN2O5/c1-24-10-11-25-12-17(22)20-15-6-8-21(9-7-15)18(23)13-26-16-4-2-14(19)3-5-16/h2-5,15H,6-13H2,1H3,(H,20,22). The van der Waals surface area contributed by atoms with Crippen LogP contribution in [0, 0.1) is 0 Å². The Kier molecular flexibility index (Phi) is 8.67. The van der Waals surface area contributed by atoms with E-state index in [2.05, 4.69) is 5.32 Å². The number of halogens is 1. The summed E-state index contributed by atoms with van der Waals surface area (Å²) in [5.74, 6) is 0.406. The topological polar surface area (TPSA) is 77.1 Å². The molecule has 0 aliphatic carbocycles. The van der Waals surface area contributed by atoms with Crippen molar-refractivity contribution < 1.29 is 23.8 Å². The minimum atomic E-state index is -0.142. The van der Waals surface area contributed by atoms with Crippen LogP contribution < -0.4 is 10.1 Å². The van der Waals surface area contributed by atoms with E-state index in [1.165, 1.54) is 0 Å². The van der Waals surface area contributed by atoms with E-state index in [4.69, 9.17) is 25.8 Å². The summed E-state index contributed by atoms with van der Waals surface area (Å²) < 4.78 is 15.5. The maximum atomic E-state index is 12.2. The van der Waals surface area contributed by atoms with E-state index in [0.29, 0.717) is 37.1 Å². The van der Waals surface area contributed by atoms with Crippen LogP contribution in [0.4, 0.5) is 0 Å². The van der Waals surface area contributed by atoms with Crippen LogP contribution in [-0.2, 0) is 19.1 Å². The van der Waals surface area contributed by atoms with Gasteiger partial charge in [0.1, 0.15) is 12.4 Å². The van der Waals surface area contributed by atoms with E-state index in [-0.39, 0.29) is 31.1 Å². The lowest BCUT2D eigenvalue weighted by atomic mass is 10.1. The highest BCUT2D eigenvalue weighted by Gasteiger charge is 2.24. The highest BCUT2D eigenvalue weighted by Crippen LogP contribution is 2.16. The molecular weight excluding hydrogens is 360 g/mol. The fraction of sp³-hybridized carbons (Fsp3) is 0.556. The van der Waals surface area contributed by atoms with E-state index < -0.39 is 0 Å². The zero-order valence-corrected chi connectivity index (χ0v) is 15.7. The molecule has 7 nitrogen and oxygen atoms in total. The number of rotatable bonds is 9.